The number of hydrogen-bond donors (Lipinski definition) is 2. The van der Waals surface area contributed by atoms with Crippen LogP contribution in [0.5, 0.6) is 0 Å². The monoisotopic (exact) mass is 458 g/mol. The molecule has 3 aliphatic rings. The number of ether oxygens (including phenoxy) is 1. The lowest BCUT2D eigenvalue weighted by molar-refractivity contribution is -0.145. The van der Waals surface area contributed by atoms with E-state index in [4.69, 9.17) is 9.57 Å². The van der Waals surface area contributed by atoms with Crippen molar-refractivity contribution in [3.63, 3.8) is 0 Å². The van der Waals surface area contributed by atoms with Gasteiger partial charge in [-0.05, 0) is 25.3 Å². The van der Waals surface area contributed by atoms with Gasteiger partial charge in [-0.15, -0.1) is 0 Å². The van der Waals surface area contributed by atoms with E-state index in [9.17, 15) is 24.6 Å². The van der Waals surface area contributed by atoms with Crippen LogP contribution in [0.15, 0.2) is 35.5 Å². The van der Waals surface area contributed by atoms with Crippen molar-refractivity contribution in [2.24, 2.45) is 28.8 Å². The van der Waals surface area contributed by atoms with Gasteiger partial charge in [0, 0.05) is 24.8 Å². The van der Waals surface area contributed by atoms with Crippen LogP contribution >= 0.6 is 0 Å². The van der Waals surface area contributed by atoms with E-state index < -0.39 is 41.8 Å². The zero-order valence-electron chi connectivity index (χ0n) is 18.6. The van der Waals surface area contributed by atoms with Crippen LogP contribution in [0.1, 0.15) is 38.2 Å². The Hall–Kier alpha value is -2.78. The molecule has 6 atom stereocenters. The van der Waals surface area contributed by atoms with E-state index in [1.54, 1.807) is 6.92 Å². The van der Waals surface area contributed by atoms with Crippen LogP contribution in [0.4, 0.5) is 0 Å². The molecular formula is C24H30N2O7. The van der Waals surface area contributed by atoms with Crippen molar-refractivity contribution >= 4 is 23.5 Å². The van der Waals surface area contributed by atoms with Crippen LogP contribution in [0.25, 0.3) is 0 Å². The van der Waals surface area contributed by atoms with Crippen molar-refractivity contribution in [1.82, 2.24) is 4.90 Å². The molecule has 0 aromatic heterocycles. The summed E-state index contributed by atoms with van der Waals surface area (Å²) in [5.74, 6) is -3.39. The molecule has 0 radical (unpaired) electrons. The molecule has 9 nitrogen and oxygen atoms in total. The Labute approximate surface area is 192 Å². The fourth-order valence-corrected chi connectivity index (χ4v) is 5.46. The highest BCUT2D eigenvalue weighted by atomic mass is 16.6. The molecule has 9 heteroatoms. The number of carbonyl (C=O) groups is 3. The van der Waals surface area contributed by atoms with Crippen LogP contribution in [-0.2, 0) is 30.6 Å². The van der Waals surface area contributed by atoms with Crippen molar-refractivity contribution in [1.29, 1.82) is 0 Å². The van der Waals surface area contributed by atoms with Gasteiger partial charge in [0.15, 0.2) is 0 Å². The van der Waals surface area contributed by atoms with E-state index in [1.165, 1.54) is 0 Å². The number of benzene rings is 1. The van der Waals surface area contributed by atoms with Crippen LogP contribution < -0.4 is 0 Å². The van der Waals surface area contributed by atoms with Crippen molar-refractivity contribution < 1.29 is 34.2 Å². The molecule has 1 aromatic rings. The van der Waals surface area contributed by atoms with E-state index in [0.29, 0.717) is 18.6 Å². The maximum absolute atomic E-state index is 13.2. The third kappa shape index (κ3) is 4.65. The number of hydrogen-bond acceptors (Lipinski definition) is 8. The van der Waals surface area contributed by atoms with E-state index in [2.05, 4.69) is 5.16 Å². The Morgan fingerprint density at radius 1 is 1.12 bits per heavy atom. The summed E-state index contributed by atoms with van der Waals surface area (Å²) in [5.41, 5.74) is 1.56. The first-order valence-corrected chi connectivity index (χ1v) is 11.5. The van der Waals surface area contributed by atoms with Crippen molar-refractivity contribution in [3.8, 4) is 0 Å². The lowest BCUT2D eigenvalue weighted by Crippen LogP contribution is -2.54. The summed E-state index contributed by atoms with van der Waals surface area (Å²) in [6.45, 7) is 2.15. The molecule has 0 spiro atoms. The van der Waals surface area contributed by atoms with E-state index in [-0.39, 0.29) is 44.4 Å². The van der Waals surface area contributed by atoms with Gasteiger partial charge in [-0.25, -0.2) is 0 Å². The van der Waals surface area contributed by atoms with Crippen LogP contribution in [0, 0.1) is 23.7 Å². The summed E-state index contributed by atoms with van der Waals surface area (Å²) in [5, 5.41) is 25.6. The van der Waals surface area contributed by atoms with E-state index in [1.807, 2.05) is 30.3 Å². The number of aliphatic hydroxyl groups is 2. The third-order valence-electron chi connectivity index (χ3n) is 6.97. The molecule has 2 amide bonds. The first kappa shape index (κ1) is 23.4. The number of likely N-dealkylation sites (tertiary alicyclic amines) is 1. The maximum atomic E-state index is 13.2. The first-order valence-electron chi connectivity index (χ1n) is 11.5. The summed E-state index contributed by atoms with van der Waals surface area (Å²) in [6.07, 6.45) is -1.10. The summed E-state index contributed by atoms with van der Waals surface area (Å²) in [4.78, 5) is 44.6. The Bertz CT molecular complexity index is 919. The maximum Gasteiger partial charge on any atom is 0.307 e. The predicted molar refractivity (Wildman–Crippen MR) is 116 cm³/mol. The summed E-state index contributed by atoms with van der Waals surface area (Å²) in [7, 11) is 0. The molecular weight excluding hydrogens is 428 g/mol. The highest BCUT2D eigenvalue weighted by Crippen LogP contribution is 2.49. The minimum Gasteiger partial charge on any atom is -0.466 e. The second-order valence-corrected chi connectivity index (χ2v) is 8.88. The number of nitrogens with zero attached hydrogens (tertiary/aromatic N) is 2. The summed E-state index contributed by atoms with van der Waals surface area (Å²) < 4.78 is 4.90. The normalized spacial score (nSPS) is 32.5. The zero-order valence-corrected chi connectivity index (χ0v) is 18.6. The molecule has 0 bridgehead atoms. The molecule has 1 aliphatic heterocycles. The minimum atomic E-state index is -1.14. The van der Waals surface area contributed by atoms with Gasteiger partial charge >= 0.3 is 5.97 Å². The molecule has 1 heterocycles. The van der Waals surface area contributed by atoms with Crippen molar-refractivity contribution in [3.05, 3.63) is 35.9 Å². The molecule has 33 heavy (non-hydrogen) atoms. The van der Waals surface area contributed by atoms with Gasteiger partial charge in [0.25, 0.3) is 0 Å². The minimum absolute atomic E-state index is 0.0410. The molecule has 178 valence electrons. The first-order chi connectivity index (χ1) is 15.9. The summed E-state index contributed by atoms with van der Waals surface area (Å²) >= 11 is 0. The van der Waals surface area contributed by atoms with Gasteiger partial charge < -0.3 is 19.8 Å². The van der Waals surface area contributed by atoms with E-state index in [0.717, 1.165) is 10.5 Å². The van der Waals surface area contributed by atoms with Crippen LogP contribution in [0.3, 0.4) is 0 Å². The lowest BCUT2D eigenvalue weighted by Gasteiger charge is -2.45. The van der Waals surface area contributed by atoms with Crippen LogP contribution in [-0.4, -0.2) is 64.0 Å². The number of carbonyl (C=O) groups excluding carboxylic acids is 3. The van der Waals surface area contributed by atoms with Gasteiger partial charge in [0.1, 0.15) is 6.61 Å². The van der Waals surface area contributed by atoms with Gasteiger partial charge in [0.2, 0.25) is 11.8 Å². The van der Waals surface area contributed by atoms with Crippen LogP contribution in [0.2, 0.25) is 0 Å². The highest BCUT2D eigenvalue weighted by Gasteiger charge is 2.59. The van der Waals surface area contributed by atoms with Gasteiger partial charge in [-0.3, -0.25) is 19.3 Å². The number of amides is 2. The number of imide groups is 1. The fourth-order valence-electron chi connectivity index (χ4n) is 5.46. The largest absolute Gasteiger partial charge is 0.466 e. The molecule has 0 unspecified atom stereocenters. The standard InChI is InChI=1S/C24H30N2O7/c1-2-32-19(28)10-11-26-23(30)16-9-8-15-17(25-33-13-14-6-4-3-5-7-14)12-18(27)22(29)20(15)21(16)24(26)31/h3-7,15-16,18,20-22,27,29H,2,8-13H2,1H3/t15-,16+,18+,20-,21+,22+/m0/s1. The fraction of sp³-hybridized carbons (Fsp3) is 0.583. The second kappa shape index (κ2) is 10.0. The zero-order chi connectivity index (χ0) is 23.5. The quantitative estimate of drug-likeness (QED) is 0.358. The smallest absolute Gasteiger partial charge is 0.307 e. The Morgan fingerprint density at radius 3 is 2.58 bits per heavy atom. The molecule has 4 rings (SSSR count). The third-order valence-corrected chi connectivity index (χ3v) is 6.97. The SMILES string of the molecule is CCOC(=O)CCN1C(=O)[C@H]2[C@H]3[C@H](O)[C@H](O)CC(=NOCc4ccccc4)[C@@H]3CC[C@H]2C1=O. The highest BCUT2D eigenvalue weighted by molar-refractivity contribution is 6.06. The number of rotatable bonds is 7. The number of esters is 1. The Kier molecular flexibility index (Phi) is 7.09. The van der Waals surface area contributed by atoms with Crippen molar-refractivity contribution in [2.45, 2.75) is 51.4 Å². The number of fused-ring (bicyclic) bond motifs is 3. The van der Waals surface area contributed by atoms with Gasteiger partial charge in [-0.1, -0.05) is 35.5 Å². The number of aliphatic hydroxyl groups excluding tert-OH is 2. The lowest BCUT2D eigenvalue weighted by atomic mass is 9.60. The van der Waals surface area contributed by atoms with Gasteiger partial charge in [0.05, 0.1) is 42.8 Å². The van der Waals surface area contributed by atoms with Crippen molar-refractivity contribution in [2.75, 3.05) is 13.2 Å². The second-order valence-electron chi connectivity index (χ2n) is 8.88. The average molecular weight is 459 g/mol. The van der Waals surface area contributed by atoms with Gasteiger partial charge in [-0.2, -0.15) is 0 Å². The molecule has 1 saturated heterocycles. The predicted octanol–water partition coefficient (Wildman–Crippen LogP) is 1.27. The summed E-state index contributed by atoms with van der Waals surface area (Å²) in [6, 6.07) is 9.55. The molecule has 2 saturated carbocycles. The number of oxime groups is 1. The average Bonchev–Trinajstić information content (AvgIpc) is 3.06. The molecule has 2 aliphatic carbocycles. The topological polar surface area (TPSA) is 126 Å². The molecule has 2 N–H and O–H groups in total. The Morgan fingerprint density at radius 2 is 1.85 bits per heavy atom. The molecule has 3 fully saturated rings. The van der Waals surface area contributed by atoms with E-state index >= 15 is 0 Å². The molecule has 1 aromatic carbocycles. The Balaban J connectivity index is 1.50.